The molecular formula is C8H3F3INO. The molecule has 6 heteroatoms. The minimum atomic E-state index is -4.50. The molecule has 0 amide bonds. The van der Waals surface area contributed by atoms with Crippen molar-refractivity contribution in [2.24, 2.45) is 4.99 Å². The van der Waals surface area contributed by atoms with Crippen LogP contribution in [0.3, 0.4) is 0 Å². The quantitative estimate of drug-likeness (QED) is 0.444. The van der Waals surface area contributed by atoms with Gasteiger partial charge in [0.15, 0.2) is 0 Å². The number of para-hydroxylation sites is 1. The molecule has 14 heavy (non-hydrogen) atoms. The summed E-state index contributed by atoms with van der Waals surface area (Å²) >= 11 is 1.68. The molecule has 1 aromatic rings. The first-order chi connectivity index (χ1) is 6.46. The van der Waals surface area contributed by atoms with Gasteiger partial charge in [-0.2, -0.15) is 18.2 Å². The van der Waals surface area contributed by atoms with Crippen LogP contribution in [0.25, 0.3) is 0 Å². The van der Waals surface area contributed by atoms with Gasteiger partial charge in [-0.05, 0) is 34.7 Å². The van der Waals surface area contributed by atoms with Crippen LogP contribution in [0.2, 0.25) is 0 Å². The van der Waals surface area contributed by atoms with E-state index in [4.69, 9.17) is 0 Å². The van der Waals surface area contributed by atoms with E-state index in [9.17, 15) is 18.0 Å². The van der Waals surface area contributed by atoms with Gasteiger partial charge in [0.1, 0.15) is 5.69 Å². The number of isocyanates is 1. The van der Waals surface area contributed by atoms with Crippen LogP contribution < -0.4 is 0 Å². The van der Waals surface area contributed by atoms with Gasteiger partial charge in [-0.3, -0.25) is 0 Å². The van der Waals surface area contributed by atoms with Gasteiger partial charge in [-0.1, -0.05) is 6.07 Å². The van der Waals surface area contributed by atoms with Crippen molar-refractivity contribution in [3.63, 3.8) is 0 Å². The highest BCUT2D eigenvalue weighted by Crippen LogP contribution is 2.38. The Bertz CT molecular complexity index is 396. The van der Waals surface area contributed by atoms with Crippen LogP contribution in [0.15, 0.2) is 23.2 Å². The summed E-state index contributed by atoms with van der Waals surface area (Å²) in [7, 11) is 0. The molecule has 0 aliphatic heterocycles. The Labute approximate surface area is 91.0 Å². The fourth-order valence-electron chi connectivity index (χ4n) is 0.903. The lowest BCUT2D eigenvalue weighted by Gasteiger charge is -2.09. The van der Waals surface area contributed by atoms with Crippen molar-refractivity contribution in [1.29, 1.82) is 0 Å². The normalized spacial score (nSPS) is 10.9. The summed E-state index contributed by atoms with van der Waals surface area (Å²) in [5.74, 6) is 0. The number of hydrogen-bond donors (Lipinski definition) is 0. The Morgan fingerprint density at radius 2 is 2.00 bits per heavy atom. The fourth-order valence-corrected chi connectivity index (χ4v) is 1.52. The number of halogens is 4. The maximum atomic E-state index is 12.4. The van der Waals surface area contributed by atoms with E-state index in [2.05, 4.69) is 4.99 Å². The van der Waals surface area contributed by atoms with Crippen molar-refractivity contribution in [1.82, 2.24) is 0 Å². The van der Waals surface area contributed by atoms with Gasteiger partial charge in [0.05, 0.1) is 5.56 Å². The third kappa shape index (κ3) is 2.33. The number of carbonyl (C=O) groups excluding carboxylic acids is 1. The monoisotopic (exact) mass is 313 g/mol. The van der Waals surface area contributed by atoms with Gasteiger partial charge in [-0.25, -0.2) is 4.79 Å². The minimum Gasteiger partial charge on any atom is -0.211 e. The van der Waals surface area contributed by atoms with Crippen molar-refractivity contribution < 1.29 is 18.0 Å². The summed E-state index contributed by atoms with van der Waals surface area (Å²) in [6.45, 7) is 0. The zero-order valence-electron chi connectivity index (χ0n) is 6.60. The Morgan fingerprint density at radius 3 is 2.50 bits per heavy atom. The molecule has 0 atom stereocenters. The molecule has 0 unspecified atom stereocenters. The number of nitrogens with zero attached hydrogens (tertiary/aromatic N) is 1. The van der Waals surface area contributed by atoms with Crippen molar-refractivity contribution in [3.05, 3.63) is 27.3 Å². The van der Waals surface area contributed by atoms with E-state index in [1.54, 1.807) is 22.6 Å². The van der Waals surface area contributed by atoms with Crippen molar-refractivity contribution in [2.45, 2.75) is 6.18 Å². The first-order valence-electron chi connectivity index (χ1n) is 3.40. The van der Waals surface area contributed by atoms with Crippen molar-refractivity contribution in [2.75, 3.05) is 0 Å². The summed E-state index contributed by atoms with van der Waals surface area (Å²) in [6, 6.07) is 3.57. The zero-order valence-corrected chi connectivity index (χ0v) is 8.76. The first kappa shape index (κ1) is 11.2. The average Bonchev–Trinajstić information content (AvgIpc) is 2.07. The van der Waals surface area contributed by atoms with Crippen LogP contribution in [0.4, 0.5) is 18.9 Å². The molecule has 0 aliphatic carbocycles. The maximum absolute atomic E-state index is 12.4. The number of alkyl halides is 3. The number of benzene rings is 1. The molecular weight excluding hydrogens is 310 g/mol. The topological polar surface area (TPSA) is 29.4 Å². The highest BCUT2D eigenvalue weighted by Gasteiger charge is 2.34. The lowest BCUT2D eigenvalue weighted by molar-refractivity contribution is -0.137. The zero-order chi connectivity index (χ0) is 10.8. The maximum Gasteiger partial charge on any atom is 0.418 e. The lowest BCUT2D eigenvalue weighted by atomic mass is 10.2. The van der Waals surface area contributed by atoms with E-state index in [0.29, 0.717) is 0 Å². The van der Waals surface area contributed by atoms with Gasteiger partial charge in [0.2, 0.25) is 6.08 Å². The molecule has 0 spiro atoms. The van der Waals surface area contributed by atoms with Crippen molar-refractivity contribution >= 4 is 34.4 Å². The average molecular weight is 313 g/mol. The van der Waals surface area contributed by atoms with E-state index < -0.39 is 11.7 Å². The van der Waals surface area contributed by atoms with Gasteiger partial charge >= 0.3 is 6.18 Å². The molecule has 0 aliphatic rings. The molecule has 0 fully saturated rings. The Kier molecular flexibility index (Phi) is 3.28. The summed E-state index contributed by atoms with van der Waals surface area (Å²) in [5, 5.41) is 0. The standard InChI is InChI=1S/C8H3F3INO/c9-8(10,11)5-2-1-3-6(12)7(5)13-4-14/h1-3H. The molecule has 0 N–H and O–H groups in total. The Morgan fingerprint density at radius 1 is 1.36 bits per heavy atom. The molecule has 0 saturated heterocycles. The van der Waals surface area contributed by atoms with Gasteiger partial charge in [0.25, 0.3) is 0 Å². The molecule has 2 nitrogen and oxygen atoms in total. The second kappa shape index (κ2) is 4.10. The van der Waals surface area contributed by atoms with Gasteiger partial charge in [0, 0.05) is 3.57 Å². The van der Waals surface area contributed by atoms with E-state index in [1.165, 1.54) is 12.1 Å². The summed E-state index contributed by atoms with van der Waals surface area (Å²) in [5.41, 5.74) is -1.30. The predicted molar refractivity (Wildman–Crippen MR) is 51.9 cm³/mol. The first-order valence-corrected chi connectivity index (χ1v) is 4.48. The second-order valence-electron chi connectivity index (χ2n) is 2.34. The van der Waals surface area contributed by atoms with Crippen LogP contribution >= 0.6 is 22.6 Å². The van der Waals surface area contributed by atoms with E-state index in [-0.39, 0.29) is 9.26 Å². The van der Waals surface area contributed by atoms with E-state index in [0.717, 1.165) is 12.1 Å². The largest absolute Gasteiger partial charge is 0.418 e. The molecule has 0 radical (unpaired) electrons. The predicted octanol–water partition coefficient (Wildman–Crippen LogP) is 3.28. The molecule has 1 rings (SSSR count). The van der Waals surface area contributed by atoms with Crippen LogP contribution in [-0.2, 0) is 11.0 Å². The van der Waals surface area contributed by atoms with E-state index >= 15 is 0 Å². The highest BCUT2D eigenvalue weighted by molar-refractivity contribution is 14.1. The van der Waals surface area contributed by atoms with Crippen LogP contribution in [0.5, 0.6) is 0 Å². The van der Waals surface area contributed by atoms with Crippen LogP contribution in [0.1, 0.15) is 5.56 Å². The second-order valence-corrected chi connectivity index (χ2v) is 3.50. The summed E-state index contributed by atoms with van der Waals surface area (Å²) in [6.07, 6.45) is -3.40. The lowest BCUT2D eigenvalue weighted by Crippen LogP contribution is -2.05. The molecule has 1 aromatic carbocycles. The summed E-state index contributed by atoms with van der Waals surface area (Å²) < 4.78 is 37.3. The number of hydrogen-bond acceptors (Lipinski definition) is 2. The van der Waals surface area contributed by atoms with E-state index in [1.807, 2.05) is 0 Å². The van der Waals surface area contributed by atoms with Crippen LogP contribution in [0, 0.1) is 3.57 Å². The smallest absolute Gasteiger partial charge is 0.211 e. The highest BCUT2D eigenvalue weighted by atomic mass is 127. The van der Waals surface area contributed by atoms with Gasteiger partial charge < -0.3 is 0 Å². The number of rotatable bonds is 1. The molecule has 0 heterocycles. The third-order valence-corrected chi connectivity index (χ3v) is 2.32. The fraction of sp³-hybridized carbons (Fsp3) is 0.125. The molecule has 0 saturated carbocycles. The molecule has 0 aromatic heterocycles. The summed E-state index contributed by atoms with van der Waals surface area (Å²) in [4.78, 5) is 13.0. The minimum absolute atomic E-state index is 0.265. The number of aliphatic imine (C=N–C) groups is 1. The Balaban J connectivity index is 3.43. The van der Waals surface area contributed by atoms with Gasteiger partial charge in [-0.15, -0.1) is 0 Å². The Hall–Kier alpha value is -0.880. The van der Waals surface area contributed by atoms with Crippen LogP contribution in [-0.4, -0.2) is 6.08 Å². The third-order valence-electron chi connectivity index (χ3n) is 1.45. The molecule has 74 valence electrons. The SMILES string of the molecule is O=C=Nc1c(I)cccc1C(F)(F)F. The van der Waals surface area contributed by atoms with Crippen molar-refractivity contribution in [3.8, 4) is 0 Å². The molecule has 0 bridgehead atoms.